The van der Waals surface area contributed by atoms with Crippen molar-refractivity contribution in [2.24, 2.45) is 46.3 Å². The summed E-state index contributed by atoms with van der Waals surface area (Å²) in [5.74, 6) is 7.20. The van der Waals surface area contributed by atoms with E-state index in [0.29, 0.717) is 29.0 Å². The van der Waals surface area contributed by atoms with Crippen LogP contribution in [0, 0.1) is 46.3 Å². The third-order valence-corrected chi connectivity index (χ3v) is 15.5. The molecule has 5 fully saturated rings. The first kappa shape index (κ1) is 26.1. The number of fused-ring (bicyclic) bond motifs is 7. The Morgan fingerprint density at radius 2 is 1.97 bits per heavy atom. The predicted molar refractivity (Wildman–Crippen MR) is 151 cm³/mol. The number of esters is 1. The molecule has 5 heteroatoms. The van der Waals surface area contributed by atoms with Crippen LogP contribution in [-0.2, 0) is 14.3 Å². The van der Waals surface area contributed by atoms with E-state index in [1.165, 1.54) is 56.5 Å². The molecule has 0 amide bonds. The maximum absolute atomic E-state index is 11.6. The normalized spacial score (nSPS) is 49.0. The van der Waals surface area contributed by atoms with E-state index < -0.39 is 0 Å². The molecule has 2 heterocycles. The van der Waals surface area contributed by atoms with Gasteiger partial charge in [0.2, 0.25) is 0 Å². The topological polar surface area (TPSA) is 35.5 Å². The summed E-state index contributed by atoms with van der Waals surface area (Å²) in [5, 5.41) is 0. The highest BCUT2D eigenvalue weighted by Gasteiger charge is 2.65. The Labute approximate surface area is 228 Å². The maximum Gasteiger partial charge on any atom is 0.302 e. The van der Waals surface area contributed by atoms with E-state index in [1.807, 2.05) is 0 Å². The summed E-state index contributed by atoms with van der Waals surface area (Å²) in [6.07, 6.45) is 14.7. The molecule has 2 aliphatic heterocycles. The third-order valence-electron chi connectivity index (χ3n) is 12.0. The van der Waals surface area contributed by atoms with Gasteiger partial charge in [0.05, 0.1) is 16.8 Å². The summed E-state index contributed by atoms with van der Waals surface area (Å²) in [5.41, 5.74) is 2.35. The quantitative estimate of drug-likeness (QED) is 0.267. The van der Waals surface area contributed by atoms with Crippen molar-refractivity contribution in [3.05, 3.63) is 11.6 Å². The van der Waals surface area contributed by atoms with Crippen LogP contribution in [0.1, 0.15) is 92.4 Å². The highest BCUT2D eigenvalue weighted by Crippen LogP contribution is 2.69. The van der Waals surface area contributed by atoms with Crippen molar-refractivity contribution in [3.8, 4) is 0 Å². The van der Waals surface area contributed by atoms with Crippen molar-refractivity contribution in [2.45, 2.75) is 115 Å². The molecule has 0 bridgehead atoms. The molecule has 0 N–H and O–H groups in total. The Balaban J connectivity index is 1.13. The van der Waals surface area contributed by atoms with Crippen LogP contribution < -0.4 is 0 Å². The van der Waals surface area contributed by atoms with E-state index >= 15 is 0 Å². The fourth-order valence-corrected chi connectivity index (χ4v) is 13.4. The van der Waals surface area contributed by atoms with Gasteiger partial charge in [-0.2, -0.15) is 0 Å². The van der Waals surface area contributed by atoms with Crippen LogP contribution in [0.2, 0.25) is 0 Å². The van der Waals surface area contributed by atoms with Gasteiger partial charge in [-0.3, -0.25) is 4.79 Å². The molecule has 3 saturated carbocycles. The van der Waals surface area contributed by atoms with Crippen molar-refractivity contribution >= 4 is 29.5 Å². The molecular formula is C31H48O3S2. The average Bonchev–Trinajstić information content (AvgIpc) is 3.54. The van der Waals surface area contributed by atoms with Gasteiger partial charge in [-0.25, -0.2) is 0 Å². The SMILES string of the molecule is CC(=O)O[C@H]1CC[C@@]2(C)C(=CC[C@H]3[C@@H]4CC5OC(CCC(C)C6SCCS6)[C@@H](C)[C@@H]5[C@@]4(C)CC[C@@H]32)C1. The number of carbonyl (C=O) groups is 1. The Bertz CT molecular complexity index is 883. The van der Waals surface area contributed by atoms with Gasteiger partial charge in [-0.05, 0) is 97.7 Å². The zero-order valence-corrected chi connectivity index (χ0v) is 24.8. The highest BCUT2D eigenvalue weighted by molar-refractivity contribution is 8.20. The zero-order chi connectivity index (χ0) is 25.2. The van der Waals surface area contributed by atoms with Gasteiger partial charge in [0.1, 0.15) is 6.10 Å². The van der Waals surface area contributed by atoms with Crippen LogP contribution in [0.4, 0.5) is 0 Å². The molecule has 0 aromatic heterocycles. The summed E-state index contributed by atoms with van der Waals surface area (Å²) in [6.45, 7) is 11.8. The van der Waals surface area contributed by atoms with Crippen LogP contribution in [0.15, 0.2) is 11.6 Å². The maximum atomic E-state index is 11.6. The number of hydrogen-bond acceptors (Lipinski definition) is 5. The van der Waals surface area contributed by atoms with E-state index in [0.717, 1.165) is 47.0 Å². The van der Waals surface area contributed by atoms with Crippen LogP contribution in [0.3, 0.4) is 0 Å². The minimum atomic E-state index is -0.123. The molecule has 2 saturated heterocycles. The van der Waals surface area contributed by atoms with E-state index in [9.17, 15) is 4.79 Å². The van der Waals surface area contributed by atoms with Gasteiger partial charge >= 0.3 is 5.97 Å². The van der Waals surface area contributed by atoms with Gasteiger partial charge in [0, 0.05) is 24.9 Å². The minimum Gasteiger partial charge on any atom is -0.462 e. The Morgan fingerprint density at radius 3 is 2.72 bits per heavy atom. The van der Waals surface area contributed by atoms with Gasteiger partial charge in [-0.1, -0.05) is 39.3 Å². The lowest BCUT2D eigenvalue weighted by Gasteiger charge is -2.58. The van der Waals surface area contributed by atoms with Crippen LogP contribution >= 0.6 is 23.5 Å². The highest BCUT2D eigenvalue weighted by atomic mass is 32.2. The minimum absolute atomic E-state index is 0.0952. The number of hydrogen-bond donors (Lipinski definition) is 0. The molecule has 0 aromatic rings. The number of ether oxygens (including phenoxy) is 2. The zero-order valence-electron chi connectivity index (χ0n) is 23.2. The molecule has 0 spiro atoms. The number of rotatable bonds is 5. The molecule has 3 nitrogen and oxygen atoms in total. The molecule has 6 aliphatic rings. The van der Waals surface area contributed by atoms with E-state index in [4.69, 9.17) is 9.47 Å². The summed E-state index contributed by atoms with van der Waals surface area (Å²) >= 11 is 4.36. The Morgan fingerprint density at radius 1 is 1.19 bits per heavy atom. The monoisotopic (exact) mass is 532 g/mol. The average molecular weight is 533 g/mol. The van der Waals surface area contributed by atoms with Crippen molar-refractivity contribution in [1.82, 2.24) is 0 Å². The standard InChI is InChI=1S/C31H48O3S2/c1-18(29-35-14-15-36-29)6-9-26-19(2)28-27(34-26)17-25-23-8-7-21-16-22(33-20(3)32)10-12-30(21,4)24(23)11-13-31(25,28)5/h7,18-19,22-29H,6,8-17H2,1-5H3/t18?,19-,22+,23-,24+,25+,26?,27?,28+,30+,31+/m1/s1. The number of carbonyl (C=O) groups excluding carboxylic acids is 1. The van der Waals surface area contributed by atoms with Gasteiger partial charge in [0.15, 0.2) is 0 Å². The lowest BCUT2D eigenvalue weighted by Crippen LogP contribution is -2.51. The third kappa shape index (κ3) is 4.24. The molecule has 4 aliphatic carbocycles. The van der Waals surface area contributed by atoms with Crippen LogP contribution in [-0.4, -0.2) is 40.4 Å². The first-order chi connectivity index (χ1) is 17.2. The second-order valence-corrected chi connectivity index (χ2v) is 16.6. The molecule has 6 rings (SSSR count). The van der Waals surface area contributed by atoms with Gasteiger partial charge in [0.25, 0.3) is 0 Å². The molecule has 0 radical (unpaired) electrons. The Kier molecular flexibility index (Phi) is 7.11. The number of allylic oxidation sites excluding steroid dienone is 1. The summed E-state index contributed by atoms with van der Waals surface area (Å²) in [4.78, 5) is 11.6. The smallest absolute Gasteiger partial charge is 0.302 e. The summed E-state index contributed by atoms with van der Waals surface area (Å²) in [6, 6.07) is 0. The number of thioether (sulfide) groups is 2. The lowest BCUT2D eigenvalue weighted by atomic mass is 9.47. The first-order valence-corrected chi connectivity index (χ1v) is 17.1. The van der Waals surface area contributed by atoms with Crippen molar-refractivity contribution < 1.29 is 14.3 Å². The van der Waals surface area contributed by atoms with E-state index in [2.05, 4.69) is 57.3 Å². The van der Waals surface area contributed by atoms with Crippen molar-refractivity contribution in [2.75, 3.05) is 11.5 Å². The molecule has 36 heavy (non-hydrogen) atoms. The summed E-state index contributed by atoms with van der Waals surface area (Å²) in [7, 11) is 0. The Hall–Kier alpha value is -0.130. The largest absolute Gasteiger partial charge is 0.462 e. The molecule has 202 valence electrons. The summed E-state index contributed by atoms with van der Waals surface area (Å²) < 4.78 is 13.4. The van der Waals surface area contributed by atoms with Gasteiger partial charge in [-0.15, -0.1) is 23.5 Å². The fourth-order valence-electron chi connectivity index (χ4n) is 10.2. The van der Waals surface area contributed by atoms with Crippen LogP contribution in [0.25, 0.3) is 0 Å². The molecule has 0 aromatic carbocycles. The van der Waals surface area contributed by atoms with Crippen LogP contribution in [0.5, 0.6) is 0 Å². The second kappa shape index (κ2) is 9.81. The fraction of sp³-hybridized carbons (Fsp3) is 0.903. The second-order valence-electron chi connectivity index (χ2n) is 13.8. The predicted octanol–water partition coefficient (Wildman–Crippen LogP) is 7.73. The van der Waals surface area contributed by atoms with E-state index in [1.54, 1.807) is 12.5 Å². The van der Waals surface area contributed by atoms with Crippen molar-refractivity contribution in [3.63, 3.8) is 0 Å². The van der Waals surface area contributed by atoms with Crippen molar-refractivity contribution in [1.29, 1.82) is 0 Å². The molecular weight excluding hydrogens is 484 g/mol. The first-order valence-electron chi connectivity index (χ1n) is 15.0. The van der Waals surface area contributed by atoms with E-state index in [-0.39, 0.29) is 12.1 Å². The lowest BCUT2D eigenvalue weighted by molar-refractivity contribution is -0.148. The van der Waals surface area contributed by atoms with Gasteiger partial charge < -0.3 is 9.47 Å². The molecule has 11 atom stereocenters. The molecule has 3 unspecified atom stereocenters.